The van der Waals surface area contributed by atoms with Crippen molar-refractivity contribution in [3.8, 4) is 0 Å². The number of ether oxygens (including phenoxy) is 4. The Morgan fingerprint density at radius 3 is 2.18 bits per heavy atom. The van der Waals surface area contributed by atoms with Gasteiger partial charge in [-0.25, -0.2) is 0 Å². The lowest BCUT2D eigenvalue weighted by atomic mass is 9.96. The van der Waals surface area contributed by atoms with E-state index in [2.05, 4.69) is 5.32 Å². The van der Waals surface area contributed by atoms with Crippen molar-refractivity contribution in [3.63, 3.8) is 0 Å². The van der Waals surface area contributed by atoms with Crippen LogP contribution >= 0.6 is 0 Å². The van der Waals surface area contributed by atoms with Crippen LogP contribution < -0.4 is 5.32 Å². The van der Waals surface area contributed by atoms with Crippen molar-refractivity contribution in [1.29, 1.82) is 0 Å². The number of esters is 2. The maximum Gasteiger partial charge on any atom is 0.303 e. The van der Waals surface area contributed by atoms with Crippen molar-refractivity contribution >= 4 is 17.8 Å². The zero-order valence-electron chi connectivity index (χ0n) is 16.0. The molecule has 0 spiro atoms. The van der Waals surface area contributed by atoms with Crippen LogP contribution in [-0.2, 0) is 39.9 Å². The molecule has 1 saturated heterocycles. The molecule has 9 nitrogen and oxygen atoms in total. The third-order valence-electron chi connectivity index (χ3n) is 4.06. The van der Waals surface area contributed by atoms with E-state index in [4.69, 9.17) is 18.9 Å². The van der Waals surface area contributed by atoms with Crippen molar-refractivity contribution < 1.29 is 38.4 Å². The van der Waals surface area contributed by atoms with Gasteiger partial charge in [0.1, 0.15) is 12.1 Å². The number of carbonyl (C=O) groups is 3. The van der Waals surface area contributed by atoms with Gasteiger partial charge >= 0.3 is 11.9 Å². The summed E-state index contributed by atoms with van der Waals surface area (Å²) in [5.41, 5.74) is 0.861. The summed E-state index contributed by atoms with van der Waals surface area (Å²) in [4.78, 5) is 34.9. The van der Waals surface area contributed by atoms with Gasteiger partial charge in [-0.1, -0.05) is 30.3 Å². The fourth-order valence-corrected chi connectivity index (χ4v) is 3.00. The number of hydrogen-bond donors (Lipinski definition) is 2. The van der Waals surface area contributed by atoms with Crippen LogP contribution in [-0.4, -0.2) is 60.2 Å². The standard InChI is InChI=1S/C19H25NO8/c1-11(22)20-16-18(27-13(3)24)17(26-12(2)23)15(9-21)28-19(16)25-10-14-7-5-4-6-8-14/h4-8,15-19,21H,9-10H2,1-3H3,(H,20,22)/t15-,16-,17-,18-,19+/m1/s1. The van der Waals surface area contributed by atoms with E-state index >= 15 is 0 Å². The Kier molecular flexibility index (Phi) is 7.91. The Hall–Kier alpha value is -2.49. The highest BCUT2D eigenvalue weighted by Gasteiger charge is 2.50. The lowest BCUT2D eigenvalue weighted by molar-refractivity contribution is -0.279. The molecule has 1 fully saturated rings. The first-order valence-electron chi connectivity index (χ1n) is 8.85. The predicted molar refractivity (Wildman–Crippen MR) is 95.7 cm³/mol. The molecular weight excluding hydrogens is 370 g/mol. The lowest BCUT2D eigenvalue weighted by Crippen LogP contribution is -2.66. The van der Waals surface area contributed by atoms with Gasteiger partial charge in [-0.05, 0) is 5.56 Å². The van der Waals surface area contributed by atoms with Crippen LogP contribution in [0.4, 0.5) is 0 Å². The summed E-state index contributed by atoms with van der Waals surface area (Å²) in [6.45, 7) is 3.32. The predicted octanol–water partition coefficient (Wildman–Crippen LogP) is 0.288. The van der Waals surface area contributed by atoms with Gasteiger partial charge < -0.3 is 29.4 Å². The molecule has 154 valence electrons. The van der Waals surface area contributed by atoms with E-state index in [0.29, 0.717) is 0 Å². The quantitative estimate of drug-likeness (QED) is 0.632. The maximum absolute atomic E-state index is 11.7. The number of aliphatic hydroxyl groups excluding tert-OH is 1. The monoisotopic (exact) mass is 395 g/mol. The molecule has 2 rings (SSSR count). The molecule has 2 N–H and O–H groups in total. The summed E-state index contributed by atoms with van der Waals surface area (Å²) in [6.07, 6.45) is -4.26. The number of nitrogens with one attached hydrogen (secondary N) is 1. The molecule has 1 aliphatic rings. The van der Waals surface area contributed by atoms with E-state index in [0.717, 1.165) is 5.56 Å². The molecule has 28 heavy (non-hydrogen) atoms. The number of rotatable bonds is 7. The highest BCUT2D eigenvalue weighted by Crippen LogP contribution is 2.28. The van der Waals surface area contributed by atoms with Gasteiger partial charge in [0.2, 0.25) is 5.91 Å². The van der Waals surface area contributed by atoms with Crippen LogP contribution in [0.5, 0.6) is 0 Å². The van der Waals surface area contributed by atoms with Crippen LogP contribution in [0.1, 0.15) is 26.3 Å². The third kappa shape index (κ3) is 6.01. The molecule has 5 atom stereocenters. The van der Waals surface area contributed by atoms with Gasteiger partial charge in [-0.15, -0.1) is 0 Å². The van der Waals surface area contributed by atoms with Crippen molar-refractivity contribution in [2.75, 3.05) is 6.61 Å². The molecule has 1 heterocycles. The number of benzene rings is 1. The first-order valence-corrected chi connectivity index (χ1v) is 8.85. The second-order valence-electron chi connectivity index (χ2n) is 6.40. The Balaban J connectivity index is 2.29. The Bertz CT molecular complexity index is 680. The molecule has 0 aromatic heterocycles. The van der Waals surface area contributed by atoms with Gasteiger partial charge in [-0.2, -0.15) is 0 Å². The topological polar surface area (TPSA) is 120 Å². The van der Waals surface area contributed by atoms with Gasteiger partial charge in [0, 0.05) is 20.8 Å². The fraction of sp³-hybridized carbons (Fsp3) is 0.526. The van der Waals surface area contributed by atoms with E-state index in [9.17, 15) is 19.5 Å². The Morgan fingerprint density at radius 1 is 1.04 bits per heavy atom. The molecule has 0 saturated carbocycles. The van der Waals surface area contributed by atoms with Gasteiger partial charge in [0.05, 0.1) is 13.2 Å². The second kappa shape index (κ2) is 10.2. The normalized spacial score (nSPS) is 26.9. The number of hydrogen-bond acceptors (Lipinski definition) is 8. The Morgan fingerprint density at radius 2 is 1.64 bits per heavy atom. The van der Waals surface area contributed by atoms with E-state index < -0.39 is 55.1 Å². The zero-order valence-corrected chi connectivity index (χ0v) is 16.0. The molecule has 0 bridgehead atoms. The zero-order chi connectivity index (χ0) is 20.7. The fourth-order valence-electron chi connectivity index (χ4n) is 3.00. The summed E-state index contributed by atoms with van der Waals surface area (Å²) in [5, 5.41) is 12.3. The van der Waals surface area contributed by atoms with E-state index in [1.165, 1.54) is 20.8 Å². The van der Waals surface area contributed by atoms with Crippen LogP contribution in [0, 0.1) is 0 Å². The maximum atomic E-state index is 11.7. The minimum absolute atomic E-state index is 0.158. The van der Waals surface area contributed by atoms with Gasteiger partial charge in [-0.3, -0.25) is 14.4 Å². The number of amides is 1. The van der Waals surface area contributed by atoms with Gasteiger partial charge in [0.25, 0.3) is 0 Å². The molecular formula is C19H25NO8. The van der Waals surface area contributed by atoms with Crippen molar-refractivity contribution in [3.05, 3.63) is 35.9 Å². The average molecular weight is 395 g/mol. The van der Waals surface area contributed by atoms with Crippen molar-refractivity contribution in [2.45, 2.75) is 58.0 Å². The lowest BCUT2D eigenvalue weighted by Gasteiger charge is -2.44. The summed E-state index contributed by atoms with van der Waals surface area (Å²) < 4.78 is 22.1. The highest BCUT2D eigenvalue weighted by atomic mass is 16.7. The molecule has 1 aliphatic heterocycles. The molecule has 1 aromatic rings. The van der Waals surface area contributed by atoms with Crippen LogP contribution in [0.25, 0.3) is 0 Å². The third-order valence-corrected chi connectivity index (χ3v) is 4.06. The van der Waals surface area contributed by atoms with Crippen molar-refractivity contribution in [1.82, 2.24) is 5.32 Å². The van der Waals surface area contributed by atoms with Crippen LogP contribution in [0.15, 0.2) is 30.3 Å². The SMILES string of the molecule is CC(=O)N[C@H]1[C@@H](OCc2ccccc2)O[C@H](CO)[C@@H](OC(C)=O)[C@@H]1OC(C)=O. The first kappa shape index (κ1) is 21.8. The average Bonchev–Trinajstić information content (AvgIpc) is 2.63. The molecule has 9 heteroatoms. The summed E-state index contributed by atoms with van der Waals surface area (Å²) in [5.74, 6) is -1.70. The molecule has 0 unspecified atom stereocenters. The highest BCUT2D eigenvalue weighted by molar-refractivity contribution is 5.73. The molecule has 0 aliphatic carbocycles. The number of carbonyl (C=O) groups excluding carboxylic acids is 3. The van der Waals surface area contributed by atoms with Gasteiger partial charge in [0.15, 0.2) is 18.5 Å². The minimum Gasteiger partial charge on any atom is -0.456 e. The largest absolute Gasteiger partial charge is 0.456 e. The van der Waals surface area contributed by atoms with E-state index in [-0.39, 0.29) is 6.61 Å². The molecule has 0 radical (unpaired) electrons. The molecule has 1 amide bonds. The van der Waals surface area contributed by atoms with Crippen molar-refractivity contribution in [2.24, 2.45) is 0 Å². The van der Waals surface area contributed by atoms with Crippen LogP contribution in [0.2, 0.25) is 0 Å². The Labute approximate surface area is 162 Å². The summed E-state index contributed by atoms with van der Waals surface area (Å²) in [7, 11) is 0. The van der Waals surface area contributed by atoms with E-state index in [1.54, 1.807) is 0 Å². The van der Waals surface area contributed by atoms with Crippen LogP contribution in [0.3, 0.4) is 0 Å². The summed E-state index contributed by atoms with van der Waals surface area (Å²) in [6, 6.07) is 8.32. The first-order chi connectivity index (χ1) is 13.3. The number of aliphatic hydroxyl groups is 1. The summed E-state index contributed by atoms with van der Waals surface area (Å²) >= 11 is 0. The van der Waals surface area contributed by atoms with E-state index in [1.807, 2.05) is 30.3 Å². The minimum atomic E-state index is -1.11. The second-order valence-corrected chi connectivity index (χ2v) is 6.40. The molecule has 1 aromatic carbocycles. The smallest absolute Gasteiger partial charge is 0.303 e.